The predicted octanol–water partition coefficient (Wildman–Crippen LogP) is 0.0268. The summed E-state index contributed by atoms with van der Waals surface area (Å²) in [5.41, 5.74) is -0.352. The van der Waals surface area contributed by atoms with E-state index in [2.05, 4.69) is 0 Å². The second kappa shape index (κ2) is 3.08. The zero-order valence-electron chi connectivity index (χ0n) is 6.35. The van der Waals surface area contributed by atoms with Crippen LogP contribution in [0.5, 0.6) is 5.75 Å². The number of hydrogen-bond acceptors (Lipinski definition) is 3. The number of carbonyl (C=O) groups is 1. The first-order chi connectivity index (χ1) is 5.65. The van der Waals surface area contributed by atoms with Gasteiger partial charge >= 0.3 is 11.7 Å². The molecule has 1 aromatic rings. The predicted molar refractivity (Wildman–Crippen MR) is 38.9 cm³/mol. The monoisotopic (exact) mass is 169 g/mol. The summed E-state index contributed by atoms with van der Waals surface area (Å²) in [7, 11) is 1.40. The molecule has 1 heterocycles. The van der Waals surface area contributed by atoms with Gasteiger partial charge in [-0.3, -0.25) is 0 Å². The van der Waals surface area contributed by atoms with E-state index in [0.29, 0.717) is 5.75 Å². The second-order valence-electron chi connectivity index (χ2n) is 2.08. The minimum Gasteiger partial charge on any atom is -0.618 e. The summed E-state index contributed by atoms with van der Waals surface area (Å²) >= 11 is 0. The van der Waals surface area contributed by atoms with Gasteiger partial charge in [0.15, 0.2) is 6.20 Å². The molecule has 1 N–H and O–H groups in total. The molecule has 0 aliphatic carbocycles. The number of hydrogen-bond donors (Lipinski definition) is 1. The van der Waals surface area contributed by atoms with Crippen molar-refractivity contribution >= 4 is 5.97 Å². The van der Waals surface area contributed by atoms with Crippen molar-refractivity contribution in [3.63, 3.8) is 0 Å². The Kier molecular flexibility index (Phi) is 2.14. The van der Waals surface area contributed by atoms with Gasteiger partial charge in [-0.25, -0.2) is 4.79 Å². The number of pyridine rings is 1. The van der Waals surface area contributed by atoms with Crippen molar-refractivity contribution in [3.05, 3.63) is 29.2 Å². The van der Waals surface area contributed by atoms with Gasteiger partial charge in [-0.15, -0.1) is 0 Å². The van der Waals surface area contributed by atoms with Gasteiger partial charge in [-0.2, -0.15) is 4.73 Å². The average molecular weight is 169 g/mol. The molecule has 1 rings (SSSR count). The zero-order valence-corrected chi connectivity index (χ0v) is 6.35. The SMILES string of the molecule is COc1cc[n+]([O-])c(C(=O)O)c1. The van der Waals surface area contributed by atoms with E-state index in [-0.39, 0.29) is 10.4 Å². The number of carboxylic acid groups (broad SMARTS) is 1. The van der Waals surface area contributed by atoms with Crippen LogP contribution in [0.4, 0.5) is 0 Å². The highest BCUT2D eigenvalue weighted by Gasteiger charge is 2.14. The molecule has 0 spiro atoms. The van der Waals surface area contributed by atoms with Crippen LogP contribution in [0, 0.1) is 5.21 Å². The first-order valence-electron chi connectivity index (χ1n) is 3.15. The molecule has 0 aromatic carbocycles. The fraction of sp³-hybridized carbons (Fsp3) is 0.143. The first-order valence-corrected chi connectivity index (χ1v) is 3.15. The highest BCUT2D eigenvalue weighted by molar-refractivity contribution is 5.84. The van der Waals surface area contributed by atoms with Gasteiger partial charge in [0.25, 0.3) is 0 Å². The van der Waals surface area contributed by atoms with E-state index in [1.54, 1.807) is 0 Å². The van der Waals surface area contributed by atoms with Crippen molar-refractivity contribution in [2.45, 2.75) is 0 Å². The Labute approximate surface area is 68.4 Å². The van der Waals surface area contributed by atoms with Crippen molar-refractivity contribution in [3.8, 4) is 5.75 Å². The van der Waals surface area contributed by atoms with Crippen molar-refractivity contribution in [2.24, 2.45) is 0 Å². The Bertz CT molecular complexity index is 310. The van der Waals surface area contributed by atoms with Crippen molar-refractivity contribution in [2.75, 3.05) is 7.11 Å². The summed E-state index contributed by atoms with van der Waals surface area (Å²) < 4.78 is 5.01. The van der Waals surface area contributed by atoms with Gasteiger partial charge < -0.3 is 15.1 Å². The number of ether oxygens (including phenoxy) is 1. The van der Waals surface area contributed by atoms with Crippen molar-refractivity contribution in [1.29, 1.82) is 0 Å². The summed E-state index contributed by atoms with van der Waals surface area (Å²) in [5.74, 6) is -0.927. The molecule has 1 aromatic heterocycles. The van der Waals surface area contributed by atoms with Crippen LogP contribution in [0.1, 0.15) is 10.5 Å². The third kappa shape index (κ3) is 1.45. The van der Waals surface area contributed by atoms with E-state index in [1.807, 2.05) is 0 Å². The third-order valence-electron chi connectivity index (χ3n) is 1.35. The Morgan fingerprint density at radius 2 is 2.42 bits per heavy atom. The van der Waals surface area contributed by atoms with Gasteiger partial charge in [0.05, 0.1) is 13.2 Å². The largest absolute Gasteiger partial charge is 0.618 e. The lowest BCUT2D eigenvalue weighted by molar-refractivity contribution is -0.608. The van der Waals surface area contributed by atoms with Crippen LogP contribution in [-0.4, -0.2) is 18.2 Å². The summed E-state index contributed by atoms with van der Waals surface area (Å²) in [6.07, 6.45) is 1.09. The van der Waals surface area contributed by atoms with Crippen LogP contribution in [0.2, 0.25) is 0 Å². The van der Waals surface area contributed by atoms with Gasteiger partial charge in [0.2, 0.25) is 0 Å². The number of aromatic carboxylic acids is 1. The maximum absolute atomic E-state index is 10.8. The third-order valence-corrected chi connectivity index (χ3v) is 1.35. The van der Waals surface area contributed by atoms with Gasteiger partial charge in [-0.1, -0.05) is 0 Å². The minimum absolute atomic E-state index is 0.269. The molecular formula is C7H7NO4. The molecule has 0 aliphatic heterocycles. The Hall–Kier alpha value is -1.78. The van der Waals surface area contributed by atoms with E-state index >= 15 is 0 Å². The smallest absolute Gasteiger partial charge is 0.402 e. The summed E-state index contributed by atoms with van der Waals surface area (Å²) in [6.45, 7) is 0. The van der Waals surface area contributed by atoms with E-state index in [1.165, 1.54) is 13.2 Å². The lowest BCUT2D eigenvalue weighted by Gasteiger charge is -2.01. The molecule has 5 nitrogen and oxygen atoms in total. The fourth-order valence-electron chi connectivity index (χ4n) is 0.751. The van der Waals surface area contributed by atoms with Crippen molar-refractivity contribution in [1.82, 2.24) is 0 Å². The van der Waals surface area contributed by atoms with Crippen molar-refractivity contribution < 1.29 is 19.4 Å². The maximum Gasteiger partial charge on any atom is 0.402 e. The molecule has 5 heteroatoms. The molecule has 0 aliphatic rings. The molecule has 0 radical (unpaired) electrons. The zero-order chi connectivity index (χ0) is 9.14. The Morgan fingerprint density at radius 1 is 1.75 bits per heavy atom. The fourth-order valence-corrected chi connectivity index (χ4v) is 0.751. The average Bonchev–Trinajstić information content (AvgIpc) is 2.05. The van der Waals surface area contributed by atoms with Crippen LogP contribution in [0.3, 0.4) is 0 Å². The molecule has 0 unspecified atom stereocenters. The van der Waals surface area contributed by atoms with E-state index in [9.17, 15) is 10.0 Å². The second-order valence-corrected chi connectivity index (χ2v) is 2.08. The Balaban J connectivity index is 3.17. The maximum atomic E-state index is 10.8. The van der Waals surface area contributed by atoms with Crippen LogP contribution >= 0.6 is 0 Å². The number of rotatable bonds is 2. The summed E-state index contributed by atoms with van der Waals surface area (Å²) in [6, 6.07) is 2.55. The topological polar surface area (TPSA) is 73.5 Å². The van der Waals surface area contributed by atoms with Crippen LogP contribution in [0.25, 0.3) is 0 Å². The number of methoxy groups -OCH3 is 1. The highest BCUT2D eigenvalue weighted by Crippen LogP contribution is 2.08. The Morgan fingerprint density at radius 3 is 2.92 bits per heavy atom. The van der Waals surface area contributed by atoms with E-state index in [0.717, 1.165) is 12.3 Å². The molecule has 12 heavy (non-hydrogen) atoms. The minimum atomic E-state index is -1.27. The number of carboxylic acids is 1. The van der Waals surface area contributed by atoms with E-state index in [4.69, 9.17) is 9.84 Å². The van der Waals surface area contributed by atoms with Crippen LogP contribution < -0.4 is 9.47 Å². The lowest BCUT2D eigenvalue weighted by Crippen LogP contribution is -2.33. The number of aromatic nitrogens is 1. The molecule has 0 amide bonds. The quantitative estimate of drug-likeness (QED) is 0.500. The molecule has 0 fully saturated rings. The van der Waals surface area contributed by atoms with Gasteiger partial charge in [-0.05, 0) is 0 Å². The van der Waals surface area contributed by atoms with Gasteiger partial charge in [0.1, 0.15) is 5.75 Å². The van der Waals surface area contributed by atoms with Gasteiger partial charge in [0, 0.05) is 6.07 Å². The highest BCUT2D eigenvalue weighted by atomic mass is 16.5. The molecule has 0 saturated carbocycles. The first kappa shape index (κ1) is 8.32. The molecule has 0 atom stereocenters. The normalized spacial score (nSPS) is 9.42. The number of nitrogens with zero attached hydrogens (tertiary/aromatic N) is 1. The molecule has 0 saturated heterocycles. The molecule has 64 valence electrons. The summed E-state index contributed by atoms with van der Waals surface area (Å²) in [4.78, 5) is 10.4. The van der Waals surface area contributed by atoms with E-state index < -0.39 is 5.97 Å². The lowest BCUT2D eigenvalue weighted by atomic mass is 10.3. The molecular weight excluding hydrogens is 162 g/mol. The standard InChI is InChI=1S/C7H7NO4/c1-12-5-2-3-8(11)6(4-5)7(9)10/h2-4H,1H3,(H,9,10). The summed E-state index contributed by atoms with van der Waals surface area (Å²) in [5, 5.41) is 19.3. The molecule has 0 bridgehead atoms. The van der Waals surface area contributed by atoms with Crippen LogP contribution in [-0.2, 0) is 0 Å². The van der Waals surface area contributed by atoms with Crippen LogP contribution in [0.15, 0.2) is 18.3 Å².